The van der Waals surface area contributed by atoms with Crippen LogP contribution in [-0.4, -0.2) is 9.55 Å². The molecule has 8 heteroatoms. The van der Waals surface area contributed by atoms with E-state index in [0.717, 1.165) is 41.1 Å². The molecule has 3 nitrogen and oxygen atoms in total. The highest BCUT2D eigenvalue weighted by atomic mass is 19.4. The van der Waals surface area contributed by atoms with Crippen LogP contribution in [0.25, 0.3) is 28.7 Å². The normalized spacial score (nSPS) is 11.7. The monoisotopic (exact) mass is 375 g/mol. The van der Waals surface area contributed by atoms with Crippen molar-refractivity contribution in [2.24, 2.45) is 0 Å². The molecule has 0 fully saturated rings. The predicted molar refractivity (Wildman–Crippen MR) is 89.0 cm³/mol. The Bertz CT molecular complexity index is 1020. The van der Waals surface area contributed by atoms with Gasteiger partial charge in [-0.1, -0.05) is 0 Å². The zero-order valence-corrected chi connectivity index (χ0v) is 13.5. The Hall–Kier alpha value is -3.47. The van der Waals surface area contributed by atoms with Crippen LogP contribution in [0.4, 0.5) is 22.0 Å². The van der Waals surface area contributed by atoms with E-state index in [1.165, 1.54) is 24.3 Å². The summed E-state index contributed by atoms with van der Waals surface area (Å²) in [5, 5.41) is 8.73. The lowest BCUT2D eigenvalue weighted by atomic mass is 10.0. The van der Waals surface area contributed by atoms with Gasteiger partial charge in [0.1, 0.15) is 11.6 Å². The van der Waals surface area contributed by atoms with Crippen molar-refractivity contribution in [3.05, 3.63) is 72.1 Å². The molecule has 0 bridgehead atoms. The number of nitrogens with zero attached hydrogens (tertiary/aromatic N) is 3. The van der Waals surface area contributed by atoms with Gasteiger partial charge in [-0.25, -0.2) is 13.8 Å². The minimum Gasteiger partial charge on any atom is -0.294 e. The Morgan fingerprint density at radius 2 is 1.41 bits per heavy atom. The fourth-order valence-corrected chi connectivity index (χ4v) is 2.58. The van der Waals surface area contributed by atoms with Crippen LogP contribution >= 0.6 is 0 Å². The highest BCUT2D eigenvalue weighted by molar-refractivity contribution is 5.80. The summed E-state index contributed by atoms with van der Waals surface area (Å²) in [6.45, 7) is 0. The number of benzene rings is 2. The predicted octanol–water partition coefficient (Wildman–Crippen LogP) is 5.51. The first kappa shape index (κ1) is 18.3. The first-order valence-corrected chi connectivity index (χ1v) is 7.59. The molecule has 2 aromatic carbocycles. The fourth-order valence-electron chi connectivity index (χ4n) is 2.58. The highest BCUT2D eigenvalue weighted by Crippen LogP contribution is 2.39. The molecule has 0 N–H and O–H groups in total. The fraction of sp³-hybridized carbons (Fsp3) is 0.0526. The van der Waals surface area contributed by atoms with Crippen molar-refractivity contribution in [1.29, 1.82) is 5.26 Å². The summed E-state index contributed by atoms with van der Waals surface area (Å²) in [6.07, 6.45) is -3.01. The molecule has 0 amide bonds. The highest BCUT2D eigenvalue weighted by Gasteiger charge is 2.39. The van der Waals surface area contributed by atoms with Crippen LogP contribution in [0.1, 0.15) is 5.82 Å². The van der Waals surface area contributed by atoms with Gasteiger partial charge in [-0.2, -0.15) is 18.4 Å². The van der Waals surface area contributed by atoms with Gasteiger partial charge in [0.05, 0.1) is 17.5 Å². The minimum absolute atomic E-state index is 0.000401. The number of allylic oxidation sites excluding steroid dienone is 1. The van der Waals surface area contributed by atoms with E-state index in [2.05, 4.69) is 4.98 Å². The van der Waals surface area contributed by atoms with E-state index in [-0.39, 0.29) is 22.5 Å². The quantitative estimate of drug-likeness (QED) is 0.448. The van der Waals surface area contributed by atoms with Gasteiger partial charge in [0.25, 0.3) is 0 Å². The Morgan fingerprint density at radius 1 is 0.889 bits per heavy atom. The lowest BCUT2D eigenvalue weighted by Crippen LogP contribution is -2.12. The molecule has 0 saturated carbocycles. The number of halogens is 5. The summed E-state index contributed by atoms with van der Waals surface area (Å²) in [5.41, 5.74) is 0.420. The molecule has 0 aliphatic carbocycles. The SMILES string of the molecule is N#C/C=C/n1c(C(F)(F)F)nc(-c2ccc(F)cc2)c1-c1ccc(F)cc1. The van der Waals surface area contributed by atoms with Crippen LogP contribution in [0.5, 0.6) is 0 Å². The Kier molecular flexibility index (Phi) is 4.77. The molecule has 0 atom stereocenters. The molecule has 0 aliphatic rings. The van der Waals surface area contributed by atoms with Gasteiger partial charge in [0.15, 0.2) is 0 Å². The van der Waals surface area contributed by atoms with Crippen molar-refractivity contribution in [3.8, 4) is 28.6 Å². The zero-order chi connectivity index (χ0) is 19.6. The first-order chi connectivity index (χ1) is 12.8. The van der Waals surface area contributed by atoms with Gasteiger partial charge in [0.2, 0.25) is 5.82 Å². The number of nitriles is 1. The molecule has 0 aliphatic heterocycles. The average molecular weight is 375 g/mol. The van der Waals surface area contributed by atoms with E-state index >= 15 is 0 Å². The molecule has 0 spiro atoms. The van der Waals surface area contributed by atoms with Crippen molar-refractivity contribution in [1.82, 2.24) is 9.55 Å². The summed E-state index contributed by atoms with van der Waals surface area (Å²) >= 11 is 0. The van der Waals surface area contributed by atoms with Crippen molar-refractivity contribution >= 4 is 6.20 Å². The Labute approximate surface area is 150 Å². The first-order valence-electron chi connectivity index (χ1n) is 7.59. The van der Waals surface area contributed by atoms with E-state index in [1.807, 2.05) is 0 Å². The van der Waals surface area contributed by atoms with Gasteiger partial charge >= 0.3 is 6.18 Å². The average Bonchev–Trinajstić information content (AvgIpc) is 3.01. The summed E-state index contributed by atoms with van der Waals surface area (Å²) in [4.78, 5) is 3.69. The molecule has 27 heavy (non-hydrogen) atoms. The number of hydrogen-bond acceptors (Lipinski definition) is 2. The number of aromatic nitrogens is 2. The zero-order valence-electron chi connectivity index (χ0n) is 13.5. The second-order valence-electron chi connectivity index (χ2n) is 5.46. The molecule has 3 aromatic rings. The van der Waals surface area contributed by atoms with Crippen LogP contribution in [0.2, 0.25) is 0 Å². The molecule has 0 saturated heterocycles. The van der Waals surface area contributed by atoms with Crippen molar-refractivity contribution in [3.63, 3.8) is 0 Å². The van der Waals surface area contributed by atoms with Gasteiger partial charge in [0, 0.05) is 23.4 Å². The number of hydrogen-bond donors (Lipinski definition) is 0. The van der Waals surface area contributed by atoms with Crippen LogP contribution in [0.3, 0.4) is 0 Å². The maximum absolute atomic E-state index is 13.5. The number of alkyl halides is 3. The van der Waals surface area contributed by atoms with Crippen LogP contribution in [0, 0.1) is 23.0 Å². The Morgan fingerprint density at radius 3 is 1.89 bits per heavy atom. The summed E-state index contributed by atoms with van der Waals surface area (Å²) in [7, 11) is 0. The van der Waals surface area contributed by atoms with Crippen LogP contribution in [0.15, 0.2) is 54.6 Å². The second kappa shape index (κ2) is 7.03. The van der Waals surface area contributed by atoms with Gasteiger partial charge in [-0.3, -0.25) is 4.57 Å². The van der Waals surface area contributed by atoms with Crippen LogP contribution < -0.4 is 0 Å². The molecule has 1 heterocycles. The third kappa shape index (κ3) is 3.72. The molecule has 3 rings (SSSR count). The summed E-state index contributed by atoms with van der Waals surface area (Å²) < 4.78 is 67.7. The molecule has 0 radical (unpaired) electrons. The van der Waals surface area contributed by atoms with Crippen LogP contribution in [-0.2, 0) is 6.18 Å². The molecule has 0 unspecified atom stereocenters. The third-order valence-electron chi connectivity index (χ3n) is 3.70. The maximum Gasteiger partial charge on any atom is 0.450 e. The largest absolute Gasteiger partial charge is 0.450 e. The lowest BCUT2D eigenvalue weighted by Gasteiger charge is -2.10. The van der Waals surface area contributed by atoms with E-state index in [9.17, 15) is 22.0 Å². The smallest absolute Gasteiger partial charge is 0.294 e. The summed E-state index contributed by atoms with van der Waals surface area (Å²) in [5.74, 6) is -2.37. The number of rotatable bonds is 3. The summed E-state index contributed by atoms with van der Waals surface area (Å²) in [6, 6.07) is 11.2. The van der Waals surface area contributed by atoms with E-state index in [0.29, 0.717) is 0 Å². The van der Waals surface area contributed by atoms with Crippen molar-refractivity contribution < 1.29 is 22.0 Å². The maximum atomic E-state index is 13.5. The number of imidazole rings is 1. The van der Waals surface area contributed by atoms with Crippen molar-refractivity contribution in [2.75, 3.05) is 0 Å². The standard InChI is InChI=1S/C19H10F5N3/c20-14-6-2-12(3-7-14)16-17(13-4-8-15(21)9-5-13)27(11-1-10-25)18(26-16)19(22,23)24/h1-9,11H/b11-1+. The molecular formula is C19H10F5N3. The van der Waals surface area contributed by atoms with Crippen molar-refractivity contribution in [2.45, 2.75) is 6.18 Å². The third-order valence-corrected chi connectivity index (χ3v) is 3.70. The Balaban J connectivity index is 2.36. The van der Waals surface area contributed by atoms with Gasteiger partial charge < -0.3 is 0 Å². The van der Waals surface area contributed by atoms with E-state index < -0.39 is 23.6 Å². The van der Waals surface area contributed by atoms with E-state index in [4.69, 9.17) is 5.26 Å². The van der Waals surface area contributed by atoms with E-state index in [1.54, 1.807) is 6.07 Å². The lowest BCUT2D eigenvalue weighted by molar-refractivity contribution is -0.145. The molecular weight excluding hydrogens is 365 g/mol. The van der Waals surface area contributed by atoms with Gasteiger partial charge in [-0.05, 0) is 48.5 Å². The van der Waals surface area contributed by atoms with Gasteiger partial charge in [-0.15, -0.1) is 0 Å². The topological polar surface area (TPSA) is 41.6 Å². The second-order valence-corrected chi connectivity index (χ2v) is 5.46. The molecule has 136 valence electrons. The minimum atomic E-state index is -4.81. The molecule has 1 aromatic heterocycles.